The summed E-state index contributed by atoms with van der Waals surface area (Å²) in [5.74, 6) is -0.703. The molecule has 200 valence electrons. The fourth-order valence-corrected chi connectivity index (χ4v) is 4.80. The van der Waals surface area contributed by atoms with Crippen LogP contribution >= 0.6 is 7.75 Å². The van der Waals surface area contributed by atoms with Gasteiger partial charge in [-0.2, -0.15) is 9.65 Å². The Kier molecular flexibility index (Phi) is 8.89. The largest absolute Gasteiger partial charge is 0.465 e. The number of anilines is 1. The van der Waals surface area contributed by atoms with Crippen LogP contribution in [0.3, 0.4) is 0 Å². The standard InChI is InChI=1S/C20H26N7O9P/c1-3-33-15(28)11-26(2)37(32,36-13-7-5-4-6-8-13)34-12-20(24-25-22)17(30)16(29)18(35-20)27-10-9-14(21)23-19(27)31/h4-10,16-18,29-30H,3,11-12H2,1-2H3,(H2,21,23,31)/t16-,17+,18-,20-,37?/m1/s1. The molecule has 0 bridgehead atoms. The van der Waals surface area contributed by atoms with Crippen LogP contribution in [0.5, 0.6) is 5.75 Å². The highest BCUT2D eigenvalue weighted by Crippen LogP contribution is 2.52. The Morgan fingerprint density at radius 1 is 1.38 bits per heavy atom. The maximum atomic E-state index is 13.8. The molecule has 37 heavy (non-hydrogen) atoms. The van der Waals surface area contributed by atoms with Crippen molar-refractivity contribution in [3.8, 4) is 5.75 Å². The molecule has 2 heterocycles. The van der Waals surface area contributed by atoms with Crippen molar-refractivity contribution in [2.24, 2.45) is 5.11 Å². The molecule has 2 aromatic rings. The predicted molar refractivity (Wildman–Crippen MR) is 127 cm³/mol. The van der Waals surface area contributed by atoms with Gasteiger partial charge in [-0.1, -0.05) is 23.3 Å². The summed E-state index contributed by atoms with van der Waals surface area (Å²) in [6, 6.07) is 9.12. The van der Waals surface area contributed by atoms with Crippen molar-refractivity contribution < 1.29 is 38.1 Å². The third-order valence-electron chi connectivity index (χ3n) is 5.22. The maximum absolute atomic E-state index is 13.8. The van der Waals surface area contributed by atoms with Crippen molar-refractivity contribution in [2.75, 3.05) is 32.5 Å². The second-order valence-electron chi connectivity index (χ2n) is 7.79. The summed E-state index contributed by atoms with van der Waals surface area (Å²) in [5.41, 5.74) is 11.4. The van der Waals surface area contributed by atoms with Gasteiger partial charge in [0, 0.05) is 11.1 Å². The van der Waals surface area contributed by atoms with E-state index in [1.807, 2.05) is 0 Å². The molecule has 1 fully saturated rings. The molecule has 1 unspecified atom stereocenters. The number of esters is 1. The Morgan fingerprint density at radius 2 is 2.08 bits per heavy atom. The van der Waals surface area contributed by atoms with Crippen LogP contribution in [-0.2, 0) is 23.4 Å². The molecule has 4 N–H and O–H groups in total. The van der Waals surface area contributed by atoms with E-state index in [1.165, 1.54) is 25.2 Å². The van der Waals surface area contributed by atoms with E-state index in [0.29, 0.717) is 0 Å². The number of rotatable bonds is 11. The number of carbonyl (C=O) groups excluding carboxylic acids is 1. The molecule has 16 nitrogen and oxygen atoms in total. The fraction of sp³-hybridized carbons (Fsp3) is 0.450. The molecule has 3 rings (SSSR count). The number of nitrogen functional groups attached to an aromatic ring is 1. The SMILES string of the molecule is CCOC(=O)CN(C)P(=O)(OC[C@@]1(N=[N+]=[N-])O[C@@H](n2ccc(N)nc2=O)[C@H](O)[C@@H]1O)Oc1ccccc1. The van der Waals surface area contributed by atoms with Crippen molar-refractivity contribution in [2.45, 2.75) is 31.1 Å². The molecule has 5 atom stereocenters. The van der Waals surface area contributed by atoms with Crippen LogP contribution in [0, 0.1) is 0 Å². The van der Waals surface area contributed by atoms with Gasteiger partial charge in [-0.3, -0.25) is 13.9 Å². The van der Waals surface area contributed by atoms with Gasteiger partial charge in [0.25, 0.3) is 0 Å². The van der Waals surface area contributed by atoms with Gasteiger partial charge in [0.05, 0.1) is 13.2 Å². The molecule has 0 aliphatic carbocycles. The molecular weight excluding hydrogens is 513 g/mol. The number of aromatic nitrogens is 2. The molecular formula is C20H26N7O9P. The smallest absolute Gasteiger partial charge is 0.461 e. The number of aliphatic hydroxyl groups is 2. The Balaban J connectivity index is 1.92. The van der Waals surface area contributed by atoms with Crippen molar-refractivity contribution in [3.63, 3.8) is 0 Å². The van der Waals surface area contributed by atoms with Crippen molar-refractivity contribution in [1.82, 2.24) is 14.2 Å². The zero-order valence-electron chi connectivity index (χ0n) is 19.9. The lowest BCUT2D eigenvalue weighted by molar-refractivity contribution is -0.143. The van der Waals surface area contributed by atoms with Gasteiger partial charge < -0.3 is 29.9 Å². The maximum Gasteiger partial charge on any atom is 0.461 e. The van der Waals surface area contributed by atoms with E-state index in [4.69, 9.17) is 29.8 Å². The van der Waals surface area contributed by atoms with Gasteiger partial charge in [-0.15, -0.1) is 0 Å². The summed E-state index contributed by atoms with van der Waals surface area (Å²) >= 11 is 0. The van der Waals surface area contributed by atoms with E-state index in [-0.39, 0.29) is 18.2 Å². The fourth-order valence-electron chi connectivity index (χ4n) is 3.38. The van der Waals surface area contributed by atoms with Gasteiger partial charge in [-0.05, 0) is 37.7 Å². The lowest BCUT2D eigenvalue weighted by Gasteiger charge is -2.31. The average molecular weight is 539 g/mol. The summed E-state index contributed by atoms with van der Waals surface area (Å²) < 4.78 is 37.2. The third-order valence-corrected chi connectivity index (χ3v) is 7.10. The highest BCUT2D eigenvalue weighted by atomic mass is 31.2. The van der Waals surface area contributed by atoms with Crippen LogP contribution < -0.4 is 15.9 Å². The molecule has 1 aromatic carbocycles. The van der Waals surface area contributed by atoms with E-state index >= 15 is 0 Å². The van der Waals surface area contributed by atoms with E-state index in [1.54, 1.807) is 25.1 Å². The van der Waals surface area contributed by atoms with Gasteiger partial charge in [0.1, 0.15) is 30.3 Å². The van der Waals surface area contributed by atoms with Crippen LogP contribution in [0.25, 0.3) is 10.4 Å². The molecule has 0 saturated carbocycles. The molecule has 1 saturated heterocycles. The van der Waals surface area contributed by atoms with Crippen molar-refractivity contribution in [3.05, 3.63) is 63.5 Å². The number of carbonyl (C=O) groups is 1. The van der Waals surface area contributed by atoms with Crippen molar-refractivity contribution in [1.29, 1.82) is 0 Å². The monoisotopic (exact) mass is 539 g/mol. The second kappa shape index (κ2) is 11.7. The minimum atomic E-state index is -4.40. The lowest BCUT2D eigenvalue weighted by Crippen LogP contribution is -2.45. The minimum absolute atomic E-state index is 0.0794. The number of benzene rings is 1. The van der Waals surface area contributed by atoms with Crippen LogP contribution in [0.15, 0.2) is 52.5 Å². The zero-order valence-corrected chi connectivity index (χ0v) is 20.7. The number of azide groups is 1. The number of likely N-dealkylation sites (N-methyl/N-ethyl adjacent to an activating group) is 1. The van der Waals surface area contributed by atoms with E-state index < -0.39 is 56.7 Å². The highest BCUT2D eigenvalue weighted by molar-refractivity contribution is 7.51. The molecule has 0 spiro atoms. The van der Waals surface area contributed by atoms with Crippen LogP contribution in [0.4, 0.5) is 5.82 Å². The first kappa shape index (κ1) is 28.1. The van der Waals surface area contributed by atoms with Crippen LogP contribution in [-0.4, -0.2) is 75.1 Å². The van der Waals surface area contributed by atoms with E-state index in [9.17, 15) is 24.4 Å². The van der Waals surface area contributed by atoms with E-state index in [2.05, 4.69) is 15.0 Å². The lowest BCUT2D eigenvalue weighted by atomic mass is 10.1. The van der Waals surface area contributed by atoms with E-state index in [0.717, 1.165) is 15.4 Å². The molecule has 1 aromatic heterocycles. The Morgan fingerprint density at radius 3 is 2.70 bits per heavy atom. The van der Waals surface area contributed by atoms with Crippen LogP contribution in [0.1, 0.15) is 13.2 Å². The molecule has 1 aliphatic rings. The number of aliphatic hydroxyl groups excluding tert-OH is 2. The number of hydrogen-bond donors (Lipinski definition) is 3. The number of para-hydroxylation sites is 1. The first-order valence-electron chi connectivity index (χ1n) is 10.9. The van der Waals surface area contributed by atoms with Crippen LogP contribution in [0.2, 0.25) is 0 Å². The Labute approximate surface area is 210 Å². The zero-order chi connectivity index (χ0) is 27.2. The summed E-state index contributed by atoms with van der Waals surface area (Å²) in [4.78, 5) is 30.5. The molecule has 0 amide bonds. The average Bonchev–Trinajstić information content (AvgIpc) is 3.09. The third kappa shape index (κ3) is 6.26. The molecule has 1 aliphatic heterocycles. The molecule has 17 heteroatoms. The second-order valence-corrected chi connectivity index (χ2v) is 9.85. The topological polar surface area (TPSA) is 224 Å². The quantitative estimate of drug-likeness (QED) is 0.118. The van der Waals surface area contributed by atoms with Gasteiger partial charge in [0.15, 0.2) is 6.23 Å². The molecule has 0 radical (unpaired) electrons. The Bertz CT molecular complexity index is 1260. The van der Waals surface area contributed by atoms with Gasteiger partial charge >= 0.3 is 19.4 Å². The first-order valence-corrected chi connectivity index (χ1v) is 12.4. The summed E-state index contributed by atoms with van der Waals surface area (Å²) in [6.07, 6.45) is -4.16. The first-order chi connectivity index (χ1) is 17.5. The Hall–Kier alpha value is -3.49. The van der Waals surface area contributed by atoms with Gasteiger partial charge in [0.2, 0.25) is 5.72 Å². The summed E-state index contributed by atoms with van der Waals surface area (Å²) in [5, 5.41) is 24.8. The summed E-state index contributed by atoms with van der Waals surface area (Å²) in [6.45, 7) is 0.254. The number of nitrogens with two attached hydrogens (primary N) is 1. The predicted octanol–water partition coefficient (Wildman–Crippen LogP) is 0.781. The number of hydrogen-bond acceptors (Lipinski definition) is 12. The van der Waals surface area contributed by atoms with Gasteiger partial charge in [-0.25, -0.2) is 9.36 Å². The summed E-state index contributed by atoms with van der Waals surface area (Å²) in [7, 11) is -3.14. The number of nitrogens with zero attached hydrogens (tertiary/aromatic N) is 6. The van der Waals surface area contributed by atoms with Crippen molar-refractivity contribution >= 4 is 19.5 Å². The number of ether oxygens (including phenoxy) is 2. The minimum Gasteiger partial charge on any atom is -0.465 e. The normalized spacial score (nSPS) is 24.7. The highest BCUT2D eigenvalue weighted by Gasteiger charge is 2.56.